The van der Waals surface area contributed by atoms with Crippen molar-refractivity contribution in [2.24, 2.45) is 5.73 Å². The van der Waals surface area contributed by atoms with Crippen molar-refractivity contribution in [3.05, 3.63) is 59.7 Å². The van der Waals surface area contributed by atoms with Gasteiger partial charge in [0, 0.05) is 5.56 Å². The van der Waals surface area contributed by atoms with Crippen molar-refractivity contribution in [3.63, 3.8) is 0 Å². The van der Waals surface area contributed by atoms with Crippen molar-refractivity contribution >= 4 is 11.8 Å². The molecule has 6 heteroatoms. The summed E-state index contributed by atoms with van der Waals surface area (Å²) in [6, 6.07) is 13.5. The topological polar surface area (TPSA) is 90.7 Å². The third-order valence-corrected chi connectivity index (χ3v) is 3.25. The standard InChI is InChI=1S/C19H18N2O4/c1-24-15-8-6-7-14(13-15)19(23)21-11-4-5-12-25-17-10-3-2-9-16(17)18(20)22/h2-3,6-10,13H,11-12H2,1H3,(H2,20,22)(H,21,23). The molecular formula is C19H18N2O4. The number of methoxy groups -OCH3 is 1. The Bertz CT molecular complexity index is 821. The van der Waals surface area contributed by atoms with Crippen LogP contribution in [0.25, 0.3) is 0 Å². The molecule has 2 amide bonds. The van der Waals surface area contributed by atoms with E-state index < -0.39 is 5.91 Å². The van der Waals surface area contributed by atoms with E-state index in [1.165, 1.54) is 0 Å². The van der Waals surface area contributed by atoms with Gasteiger partial charge in [-0.15, -0.1) is 0 Å². The summed E-state index contributed by atoms with van der Waals surface area (Å²) in [7, 11) is 1.54. The van der Waals surface area contributed by atoms with E-state index in [2.05, 4.69) is 17.2 Å². The molecule has 0 atom stereocenters. The Kier molecular flexibility index (Phi) is 6.43. The highest BCUT2D eigenvalue weighted by Gasteiger charge is 2.07. The Morgan fingerprint density at radius 2 is 1.92 bits per heavy atom. The van der Waals surface area contributed by atoms with Crippen LogP contribution in [0.2, 0.25) is 0 Å². The van der Waals surface area contributed by atoms with Gasteiger partial charge in [0.15, 0.2) is 0 Å². The fraction of sp³-hybridized carbons (Fsp3) is 0.158. The second-order valence-electron chi connectivity index (χ2n) is 4.92. The number of rotatable bonds is 6. The van der Waals surface area contributed by atoms with Gasteiger partial charge in [-0.3, -0.25) is 9.59 Å². The number of carbonyl (C=O) groups is 2. The average Bonchev–Trinajstić information content (AvgIpc) is 2.64. The number of nitrogens with one attached hydrogen (secondary N) is 1. The van der Waals surface area contributed by atoms with Crippen molar-refractivity contribution in [2.45, 2.75) is 0 Å². The summed E-state index contributed by atoms with van der Waals surface area (Å²) in [6.45, 7) is 0.260. The minimum absolute atomic E-state index is 0.0827. The molecule has 2 aromatic carbocycles. The molecule has 25 heavy (non-hydrogen) atoms. The molecule has 0 spiro atoms. The molecule has 0 aromatic heterocycles. The number of hydrogen-bond acceptors (Lipinski definition) is 4. The molecular weight excluding hydrogens is 320 g/mol. The van der Waals surface area contributed by atoms with Gasteiger partial charge in [0.1, 0.15) is 18.1 Å². The summed E-state index contributed by atoms with van der Waals surface area (Å²) < 4.78 is 10.5. The van der Waals surface area contributed by atoms with E-state index in [1.807, 2.05) is 0 Å². The van der Waals surface area contributed by atoms with Gasteiger partial charge in [-0.05, 0) is 30.3 Å². The molecule has 0 heterocycles. The minimum Gasteiger partial charge on any atom is -0.497 e. The lowest BCUT2D eigenvalue weighted by molar-refractivity contribution is 0.0956. The van der Waals surface area contributed by atoms with Crippen LogP contribution in [0.3, 0.4) is 0 Å². The Hall–Kier alpha value is -3.46. The zero-order valence-corrected chi connectivity index (χ0v) is 13.7. The maximum Gasteiger partial charge on any atom is 0.252 e. The number of para-hydroxylation sites is 1. The minimum atomic E-state index is -0.561. The number of ether oxygens (including phenoxy) is 2. The van der Waals surface area contributed by atoms with Gasteiger partial charge in [-0.2, -0.15) is 0 Å². The molecule has 0 aliphatic heterocycles. The first-order valence-corrected chi connectivity index (χ1v) is 7.51. The first-order chi connectivity index (χ1) is 12.1. The summed E-state index contributed by atoms with van der Waals surface area (Å²) in [6.07, 6.45) is 0. The molecule has 0 bridgehead atoms. The quantitative estimate of drug-likeness (QED) is 0.783. The van der Waals surface area contributed by atoms with Gasteiger partial charge >= 0.3 is 0 Å². The smallest absolute Gasteiger partial charge is 0.252 e. The second-order valence-corrected chi connectivity index (χ2v) is 4.92. The predicted molar refractivity (Wildman–Crippen MR) is 93.6 cm³/mol. The third-order valence-electron chi connectivity index (χ3n) is 3.25. The Morgan fingerprint density at radius 1 is 1.12 bits per heavy atom. The van der Waals surface area contributed by atoms with Crippen LogP contribution in [0.5, 0.6) is 11.5 Å². The van der Waals surface area contributed by atoms with Gasteiger partial charge in [0.2, 0.25) is 0 Å². The summed E-state index contributed by atoms with van der Waals surface area (Å²) >= 11 is 0. The highest BCUT2D eigenvalue weighted by Crippen LogP contribution is 2.16. The number of nitrogens with two attached hydrogens (primary N) is 1. The molecule has 0 aliphatic rings. The van der Waals surface area contributed by atoms with Crippen LogP contribution in [0.4, 0.5) is 0 Å². The number of carbonyl (C=O) groups excluding carboxylic acids is 2. The molecule has 0 saturated carbocycles. The predicted octanol–water partition coefficient (Wildman–Crippen LogP) is 1.61. The van der Waals surface area contributed by atoms with Crippen LogP contribution in [0, 0.1) is 11.8 Å². The molecule has 0 radical (unpaired) electrons. The molecule has 0 aliphatic carbocycles. The monoisotopic (exact) mass is 338 g/mol. The molecule has 6 nitrogen and oxygen atoms in total. The van der Waals surface area contributed by atoms with Crippen LogP contribution in [-0.4, -0.2) is 32.1 Å². The number of amides is 2. The molecule has 3 N–H and O–H groups in total. The van der Waals surface area contributed by atoms with Crippen LogP contribution in [0.15, 0.2) is 48.5 Å². The van der Waals surface area contributed by atoms with Crippen LogP contribution in [0.1, 0.15) is 20.7 Å². The largest absolute Gasteiger partial charge is 0.497 e. The average molecular weight is 338 g/mol. The molecule has 0 unspecified atom stereocenters. The molecule has 2 aromatic rings. The van der Waals surface area contributed by atoms with Gasteiger partial charge in [-0.1, -0.05) is 30.0 Å². The highest BCUT2D eigenvalue weighted by atomic mass is 16.5. The van der Waals surface area contributed by atoms with Crippen LogP contribution >= 0.6 is 0 Å². The normalized spacial score (nSPS) is 9.48. The number of hydrogen-bond donors (Lipinski definition) is 2. The van der Waals surface area contributed by atoms with E-state index in [9.17, 15) is 9.59 Å². The maximum absolute atomic E-state index is 12.0. The summed E-state index contributed by atoms with van der Waals surface area (Å²) in [5.74, 6) is 5.73. The van der Waals surface area contributed by atoms with Gasteiger partial charge in [-0.25, -0.2) is 0 Å². The van der Waals surface area contributed by atoms with E-state index in [4.69, 9.17) is 15.2 Å². The number of benzene rings is 2. The van der Waals surface area contributed by atoms with Crippen molar-refractivity contribution in [3.8, 4) is 23.3 Å². The molecule has 0 saturated heterocycles. The lowest BCUT2D eigenvalue weighted by atomic mass is 10.2. The van der Waals surface area contributed by atoms with E-state index >= 15 is 0 Å². The fourth-order valence-corrected chi connectivity index (χ4v) is 2.01. The lowest BCUT2D eigenvalue weighted by Crippen LogP contribution is -2.23. The van der Waals surface area contributed by atoms with E-state index in [0.717, 1.165) is 0 Å². The Labute approximate surface area is 145 Å². The molecule has 0 fully saturated rings. The van der Waals surface area contributed by atoms with Crippen LogP contribution < -0.4 is 20.5 Å². The fourth-order valence-electron chi connectivity index (χ4n) is 2.01. The Morgan fingerprint density at radius 3 is 2.68 bits per heavy atom. The number of primary amides is 1. The van der Waals surface area contributed by atoms with Crippen molar-refractivity contribution in [2.75, 3.05) is 20.3 Å². The zero-order valence-electron chi connectivity index (χ0n) is 13.7. The van der Waals surface area contributed by atoms with Crippen molar-refractivity contribution in [1.29, 1.82) is 0 Å². The van der Waals surface area contributed by atoms with E-state index in [1.54, 1.807) is 55.6 Å². The van der Waals surface area contributed by atoms with Gasteiger partial charge in [0.25, 0.3) is 11.8 Å². The Balaban J connectivity index is 1.81. The van der Waals surface area contributed by atoms with Crippen molar-refractivity contribution < 1.29 is 19.1 Å². The SMILES string of the molecule is COc1cccc(C(=O)NCC#CCOc2ccccc2C(N)=O)c1. The highest BCUT2D eigenvalue weighted by molar-refractivity contribution is 5.95. The summed E-state index contributed by atoms with van der Waals surface area (Å²) in [5, 5.41) is 2.68. The third kappa shape index (κ3) is 5.29. The first kappa shape index (κ1) is 17.9. The maximum atomic E-state index is 12.0. The van der Waals surface area contributed by atoms with E-state index in [-0.39, 0.29) is 19.1 Å². The molecule has 128 valence electrons. The van der Waals surface area contributed by atoms with Crippen molar-refractivity contribution in [1.82, 2.24) is 5.32 Å². The van der Waals surface area contributed by atoms with Gasteiger partial charge < -0.3 is 20.5 Å². The van der Waals surface area contributed by atoms with Gasteiger partial charge in [0.05, 0.1) is 19.2 Å². The second kappa shape index (κ2) is 8.99. The molecule has 2 rings (SSSR count). The summed E-state index contributed by atoms with van der Waals surface area (Å²) in [5.41, 5.74) is 6.06. The lowest BCUT2D eigenvalue weighted by Gasteiger charge is -2.06. The van der Waals surface area contributed by atoms with Crippen LogP contribution in [-0.2, 0) is 0 Å². The first-order valence-electron chi connectivity index (χ1n) is 7.51. The summed E-state index contributed by atoms with van der Waals surface area (Å²) in [4.78, 5) is 23.2. The zero-order chi connectivity index (χ0) is 18.1. The van der Waals surface area contributed by atoms with E-state index in [0.29, 0.717) is 22.6 Å².